The van der Waals surface area contributed by atoms with Crippen LogP contribution in [-0.4, -0.2) is 28.4 Å². The number of hydrogen-bond donors (Lipinski definition) is 1. The lowest BCUT2D eigenvalue weighted by atomic mass is 10.3. The van der Waals surface area contributed by atoms with Gasteiger partial charge in [0.15, 0.2) is 0 Å². The van der Waals surface area contributed by atoms with Crippen molar-refractivity contribution >= 4 is 17.7 Å². The van der Waals surface area contributed by atoms with E-state index in [0.29, 0.717) is 0 Å². The molecule has 0 aromatic heterocycles. The van der Waals surface area contributed by atoms with E-state index >= 15 is 0 Å². The predicted molar refractivity (Wildman–Crippen MR) is 61.1 cm³/mol. The maximum absolute atomic E-state index is 9.00. The highest BCUT2D eigenvalue weighted by atomic mass is 32.2. The molecule has 1 N–H and O–H groups in total. The molecule has 0 saturated carbocycles. The van der Waals surface area contributed by atoms with Gasteiger partial charge >= 0.3 is 0 Å². The first-order valence-electron chi connectivity index (χ1n) is 4.80. The van der Waals surface area contributed by atoms with Crippen molar-refractivity contribution in [3.05, 3.63) is 11.1 Å². The number of carboxylic acid groups (broad SMARTS) is 1. The molecule has 14 heavy (non-hydrogen) atoms. The quantitative estimate of drug-likeness (QED) is 0.789. The third kappa shape index (κ3) is 6.83. The summed E-state index contributed by atoms with van der Waals surface area (Å²) in [5.74, 6) is 0.339. The Morgan fingerprint density at radius 3 is 2.64 bits per heavy atom. The second kappa shape index (κ2) is 7.74. The van der Waals surface area contributed by atoms with Crippen molar-refractivity contribution in [3.8, 4) is 0 Å². The summed E-state index contributed by atoms with van der Waals surface area (Å²) in [5, 5.41) is 9.66. The molecule has 0 spiro atoms. The molecule has 0 amide bonds. The highest BCUT2D eigenvalue weighted by Gasteiger charge is 2.09. The predicted octanol–water partition coefficient (Wildman–Crippen LogP) is 2.75. The fraction of sp³-hybridized carbons (Fsp3) is 0.700. The number of aliphatic carboxylic acids is 1. The van der Waals surface area contributed by atoms with Crippen molar-refractivity contribution in [1.82, 2.24) is 4.90 Å². The third-order valence-corrected chi connectivity index (χ3v) is 2.73. The molecule has 4 heteroatoms. The molecule has 0 saturated heterocycles. The standard InChI is InChI=1S/C8H15NS.C2H4O2/c1-3-4-5-9-7-10-6-8(9)2;1-2(3)4/h6H,3-5,7H2,1-2H3;1H3,(H,3,4). The van der Waals surface area contributed by atoms with Crippen LogP contribution in [0.5, 0.6) is 0 Å². The molecule has 1 aliphatic rings. The summed E-state index contributed by atoms with van der Waals surface area (Å²) in [6.07, 6.45) is 2.63. The number of rotatable bonds is 3. The van der Waals surface area contributed by atoms with Gasteiger partial charge in [-0.15, -0.1) is 11.8 Å². The Kier molecular flexibility index (Phi) is 7.38. The number of carboxylic acids is 1. The molecule has 0 aliphatic carbocycles. The van der Waals surface area contributed by atoms with Crippen LogP contribution in [0.4, 0.5) is 0 Å². The monoisotopic (exact) mass is 217 g/mol. The second-order valence-corrected chi connectivity index (χ2v) is 4.02. The molecular formula is C10H19NO2S. The Labute approximate surface area is 90.2 Å². The summed E-state index contributed by atoms with van der Waals surface area (Å²) in [6.45, 7) is 6.75. The van der Waals surface area contributed by atoms with E-state index in [4.69, 9.17) is 9.90 Å². The first-order chi connectivity index (χ1) is 6.57. The van der Waals surface area contributed by atoms with Crippen LogP contribution in [0.25, 0.3) is 0 Å². The highest BCUT2D eigenvalue weighted by molar-refractivity contribution is 8.02. The summed E-state index contributed by atoms with van der Waals surface area (Å²) in [7, 11) is 0. The summed E-state index contributed by atoms with van der Waals surface area (Å²) in [6, 6.07) is 0. The molecule has 0 atom stereocenters. The van der Waals surface area contributed by atoms with Crippen molar-refractivity contribution in [2.24, 2.45) is 0 Å². The maximum Gasteiger partial charge on any atom is 0.300 e. The smallest absolute Gasteiger partial charge is 0.300 e. The summed E-state index contributed by atoms with van der Waals surface area (Å²) in [5.41, 5.74) is 1.44. The molecule has 0 aromatic rings. The SMILES string of the molecule is CC(=O)O.CCCCN1CSC=C1C. The van der Waals surface area contributed by atoms with E-state index in [1.165, 1.54) is 31.0 Å². The minimum atomic E-state index is -0.833. The van der Waals surface area contributed by atoms with E-state index in [0.717, 1.165) is 6.92 Å². The topological polar surface area (TPSA) is 40.5 Å². The molecule has 1 aliphatic heterocycles. The first-order valence-corrected chi connectivity index (χ1v) is 5.85. The number of carbonyl (C=O) groups is 1. The van der Waals surface area contributed by atoms with Crippen molar-refractivity contribution in [2.45, 2.75) is 33.6 Å². The molecule has 0 fully saturated rings. The first kappa shape index (κ1) is 13.4. The number of nitrogens with zero attached hydrogens (tertiary/aromatic N) is 1. The van der Waals surface area contributed by atoms with Gasteiger partial charge in [0.2, 0.25) is 0 Å². The normalized spacial score (nSPS) is 14.5. The van der Waals surface area contributed by atoms with Gasteiger partial charge in [0.05, 0.1) is 5.88 Å². The van der Waals surface area contributed by atoms with Crippen molar-refractivity contribution in [3.63, 3.8) is 0 Å². The van der Waals surface area contributed by atoms with Gasteiger partial charge in [-0.2, -0.15) is 0 Å². The Bertz CT molecular complexity index is 200. The van der Waals surface area contributed by atoms with Crippen LogP contribution in [0.2, 0.25) is 0 Å². The van der Waals surface area contributed by atoms with Gasteiger partial charge in [-0.25, -0.2) is 0 Å². The zero-order valence-electron chi connectivity index (χ0n) is 9.12. The number of allylic oxidation sites excluding steroid dienone is 1. The Morgan fingerprint density at radius 1 is 1.71 bits per heavy atom. The van der Waals surface area contributed by atoms with Crippen LogP contribution >= 0.6 is 11.8 Å². The van der Waals surface area contributed by atoms with Gasteiger partial charge in [-0.05, 0) is 18.8 Å². The summed E-state index contributed by atoms with van der Waals surface area (Å²) >= 11 is 1.90. The van der Waals surface area contributed by atoms with Gasteiger partial charge in [0.1, 0.15) is 0 Å². The molecule has 0 radical (unpaired) electrons. The highest BCUT2D eigenvalue weighted by Crippen LogP contribution is 2.22. The molecule has 82 valence electrons. The van der Waals surface area contributed by atoms with Crippen LogP contribution in [-0.2, 0) is 4.79 Å². The van der Waals surface area contributed by atoms with Gasteiger partial charge in [-0.1, -0.05) is 13.3 Å². The molecule has 0 bridgehead atoms. The fourth-order valence-electron chi connectivity index (χ4n) is 1.01. The third-order valence-electron chi connectivity index (χ3n) is 1.76. The Hall–Kier alpha value is -0.640. The average molecular weight is 217 g/mol. The van der Waals surface area contributed by atoms with E-state index in [2.05, 4.69) is 24.2 Å². The molecular weight excluding hydrogens is 198 g/mol. The van der Waals surface area contributed by atoms with E-state index < -0.39 is 5.97 Å². The van der Waals surface area contributed by atoms with Gasteiger partial charge in [0, 0.05) is 19.2 Å². The fourth-order valence-corrected chi connectivity index (χ4v) is 1.99. The van der Waals surface area contributed by atoms with Gasteiger partial charge in [-0.3, -0.25) is 4.79 Å². The van der Waals surface area contributed by atoms with Crippen molar-refractivity contribution in [2.75, 3.05) is 12.4 Å². The van der Waals surface area contributed by atoms with E-state index in [1.807, 2.05) is 11.8 Å². The molecule has 3 nitrogen and oxygen atoms in total. The van der Waals surface area contributed by atoms with Crippen LogP contribution in [0.3, 0.4) is 0 Å². The van der Waals surface area contributed by atoms with E-state index in [9.17, 15) is 0 Å². The van der Waals surface area contributed by atoms with Crippen LogP contribution < -0.4 is 0 Å². The Balaban J connectivity index is 0.000000364. The summed E-state index contributed by atoms with van der Waals surface area (Å²) in [4.78, 5) is 11.4. The minimum Gasteiger partial charge on any atom is -0.481 e. The zero-order chi connectivity index (χ0) is 11.0. The second-order valence-electron chi connectivity index (χ2n) is 3.19. The molecule has 0 unspecified atom stereocenters. The van der Waals surface area contributed by atoms with Crippen LogP contribution in [0.1, 0.15) is 33.6 Å². The molecule has 0 aromatic carbocycles. The lowest BCUT2D eigenvalue weighted by Crippen LogP contribution is -2.18. The maximum atomic E-state index is 9.00. The van der Waals surface area contributed by atoms with E-state index in [1.54, 1.807) is 0 Å². The molecule has 1 rings (SSSR count). The van der Waals surface area contributed by atoms with Crippen LogP contribution in [0, 0.1) is 0 Å². The van der Waals surface area contributed by atoms with Crippen molar-refractivity contribution in [1.29, 1.82) is 0 Å². The number of thioether (sulfide) groups is 1. The Morgan fingerprint density at radius 2 is 2.29 bits per heavy atom. The minimum absolute atomic E-state index is 0.833. The van der Waals surface area contributed by atoms with Crippen molar-refractivity contribution < 1.29 is 9.90 Å². The van der Waals surface area contributed by atoms with Gasteiger partial charge < -0.3 is 10.0 Å². The van der Waals surface area contributed by atoms with Crippen LogP contribution in [0.15, 0.2) is 11.1 Å². The lowest BCUT2D eigenvalue weighted by Gasteiger charge is -2.17. The average Bonchev–Trinajstić information content (AvgIpc) is 2.47. The largest absolute Gasteiger partial charge is 0.481 e. The van der Waals surface area contributed by atoms with E-state index in [-0.39, 0.29) is 0 Å². The number of unbranched alkanes of at least 4 members (excludes halogenated alkanes) is 1. The zero-order valence-corrected chi connectivity index (χ0v) is 9.93. The summed E-state index contributed by atoms with van der Waals surface area (Å²) < 4.78 is 0. The van der Waals surface area contributed by atoms with Gasteiger partial charge in [0.25, 0.3) is 5.97 Å². The number of hydrogen-bond acceptors (Lipinski definition) is 3. The lowest BCUT2D eigenvalue weighted by molar-refractivity contribution is -0.134. The molecule has 1 heterocycles.